The van der Waals surface area contributed by atoms with Gasteiger partial charge in [-0.25, -0.2) is 0 Å². The minimum Gasteiger partial charge on any atom is -0.460 e. The molecule has 6 heteroatoms. The van der Waals surface area contributed by atoms with Crippen LogP contribution in [0, 0.1) is 0 Å². The molecule has 112 valence electrons. The molecular weight excluding hydrogens is 278 g/mol. The zero-order valence-corrected chi connectivity index (χ0v) is 12.8. The Labute approximate surface area is 124 Å². The Morgan fingerprint density at radius 1 is 1.45 bits per heavy atom. The lowest BCUT2D eigenvalue weighted by molar-refractivity contribution is -0.155. The first-order valence-corrected chi connectivity index (χ1v) is 6.82. The summed E-state index contributed by atoms with van der Waals surface area (Å²) in [5, 5.41) is 3.61. The molecule has 0 amide bonds. The van der Waals surface area contributed by atoms with Crippen molar-refractivity contribution in [1.82, 2.24) is 0 Å². The molecule has 0 saturated heterocycles. The summed E-state index contributed by atoms with van der Waals surface area (Å²) in [6, 6.07) is 4.98. The van der Waals surface area contributed by atoms with E-state index in [0.29, 0.717) is 17.3 Å². The fourth-order valence-corrected chi connectivity index (χ4v) is 1.81. The van der Waals surface area contributed by atoms with Crippen molar-refractivity contribution < 1.29 is 9.53 Å². The highest BCUT2D eigenvalue weighted by Gasteiger charge is 2.19. The predicted octanol–water partition coefficient (Wildman–Crippen LogP) is 2.39. The van der Waals surface area contributed by atoms with Gasteiger partial charge in [-0.2, -0.15) is 0 Å². The molecule has 0 fully saturated rings. The van der Waals surface area contributed by atoms with Crippen molar-refractivity contribution in [2.75, 3.05) is 17.6 Å². The number of benzene rings is 1. The Morgan fingerprint density at radius 3 is 2.60 bits per heavy atom. The van der Waals surface area contributed by atoms with E-state index < -0.39 is 5.60 Å². The fourth-order valence-electron chi connectivity index (χ4n) is 1.63. The molecule has 0 bridgehead atoms. The molecule has 0 heterocycles. The van der Waals surface area contributed by atoms with Gasteiger partial charge in [-0.05, 0) is 39.0 Å². The SMILES string of the molecule is CC(C)(C)OC(=O)C[C@@H](CN)Nc1ccc(N)c(Cl)c1. The summed E-state index contributed by atoms with van der Waals surface area (Å²) < 4.78 is 5.27. The van der Waals surface area contributed by atoms with Crippen LogP contribution in [0.15, 0.2) is 18.2 Å². The first kappa shape index (κ1) is 16.6. The number of carbonyl (C=O) groups is 1. The number of ether oxygens (including phenoxy) is 1. The molecule has 0 aromatic heterocycles. The van der Waals surface area contributed by atoms with Crippen LogP contribution in [0.1, 0.15) is 27.2 Å². The summed E-state index contributed by atoms with van der Waals surface area (Å²) in [5.41, 5.74) is 12.1. The fraction of sp³-hybridized carbons (Fsp3) is 0.500. The summed E-state index contributed by atoms with van der Waals surface area (Å²) in [7, 11) is 0. The predicted molar refractivity (Wildman–Crippen MR) is 82.8 cm³/mol. The van der Waals surface area contributed by atoms with Crippen LogP contribution in [-0.2, 0) is 9.53 Å². The normalized spacial score (nSPS) is 12.8. The molecule has 20 heavy (non-hydrogen) atoms. The van der Waals surface area contributed by atoms with Crippen molar-refractivity contribution >= 4 is 28.9 Å². The molecule has 0 aliphatic rings. The molecule has 1 aromatic carbocycles. The van der Waals surface area contributed by atoms with Crippen molar-refractivity contribution in [2.24, 2.45) is 5.73 Å². The van der Waals surface area contributed by atoms with E-state index in [1.807, 2.05) is 20.8 Å². The Kier molecular flexibility index (Phi) is 5.65. The Hall–Kier alpha value is -1.46. The van der Waals surface area contributed by atoms with Gasteiger partial charge < -0.3 is 21.5 Å². The van der Waals surface area contributed by atoms with Gasteiger partial charge in [0.2, 0.25) is 0 Å². The minimum absolute atomic E-state index is 0.190. The first-order chi connectivity index (χ1) is 9.21. The van der Waals surface area contributed by atoms with Crippen molar-refractivity contribution in [1.29, 1.82) is 0 Å². The Morgan fingerprint density at radius 2 is 2.10 bits per heavy atom. The number of carbonyl (C=O) groups excluding carboxylic acids is 1. The topological polar surface area (TPSA) is 90.4 Å². The lowest BCUT2D eigenvalue weighted by Crippen LogP contribution is -2.34. The summed E-state index contributed by atoms with van der Waals surface area (Å²) >= 11 is 5.95. The van der Waals surface area contributed by atoms with E-state index in [9.17, 15) is 4.79 Å². The Balaban J connectivity index is 2.63. The molecule has 1 rings (SSSR count). The number of halogens is 1. The van der Waals surface area contributed by atoms with Gasteiger partial charge in [0.15, 0.2) is 0 Å². The molecule has 0 aliphatic heterocycles. The standard InChI is InChI=1S/C14H22ClN3O2/c1-14(2,3)20-13(19)7-10(8-16)18-9-4-5-12(17)11(15)6-9/h4-6,10,18H,7-8,16-17H2,1-3H3/t10-/m0/s1. The number of anilines is 2. The van der Waals surface area contributed by atoms with E-state index in [0.717, 1.165) is 5.69 Å². The first-order valence-electron chi connectivity index (χ1n) is 6.45. The second kappa shape index (κ2) is 6.81. The van der Waals surface area contributed by atoms with Crippen molar-refractivity contribution in [3.8, 4) is 0 Å². The molecule has 0 radical (unpaired) electrons. The van der Waals surface area contributed by atoms with Crippen LogP contribution in [0.4, 0.5) is 11.4 Å². The van der Waals surface area contributed by atoms with Gasteiger partial charge in [-0.3, -0.25) is 4.79 Å². The van der Waals surface area contributed by atoms with Crippen molar-refractivity contribution in [3.05, 3.63) is 23.2 Å². The third-order valence-electron chi connectivity index (χ3n) is 2.49. The maximum atomic E-state index is 11.8. The molecule has 0 spiro atoms. The van der Waals surface area contributed by atoms with Crippen LogP contribution in [0.2, 0.25) is 5.02 Å². The molecule has 1 aromatic rings. The number of hydrogen-bond donors (Lipinski definition) is 3. The third kappa shape index (κ3) is 5.67. The number of esters is 1. The highest BCUT2D eigenvalue weighted by atomic mass is 35.5. The quantitative estimate of drug-likeness (QED) is 0.574. The van der Waals surface area contributed by atoms with Crippen LogP contribution in [-0.4, -0.2) is 24.2 Å². The van der Waals surface area contributed by atoms with E-state index >= 15 is 0 Å². The van der Waals surface area contributed by atoms with Gasteiger partial charge in [0.1, 0.15) is 5.60 Å². The zero-order valence-electron chi connectivity index (χ0n) is 12.1. The summed E-state index contributed by atoms with van der Waals surface area (Å²) in [4.78, 5) is 11.8. The number of nitrogens with one attached hydrogen (secondary N) is 1. The van der Waals surface area contributed by atoms with Gasteiger partial charge in [-0.15, -0.1) is 0 Å². The lowest BCUT2D eigenvalue weighted by atomic mass is 10.1. The van der Waals surface area contributed by atoms with E-state index in [-0.39, 0.29) is 18.4 Å². The maximum absolute atomic E-state index is 11.8. The van der Waals surface area contributed by atoms with Gasteiger partial charge in [0, 0.05) is 18.3 Å². The molecule has 5 nitrogen and oxygen atoms in total. The van der Waals surface area contributed by atoms with Crippen LogP contribution in [0.3, 0.4) is 0 Å². The van der Waals surface area contributed by atoms with Gasteiger partial charge in [0.05, 0.1) is 17.1 Å². The lowest BCUT2D eigenvalue weighted by Gasteiger charge is -2.23. The van der Waals surface area contributed by atoms with Crippen LogP contribution in [0.25, 0.3) is 0 Å². The average molecular weight is 300 g/mol. The smallest absolute Gasteiger partial charge is 0.308 e. The van der Waals surface area contributed by atoms with Crippen molar-refractivity contribution in [3.63, 3.8) is 0 Å². The molecule has 1 atom stereocenters. The number of hydrogen-bond acceptors (Lipinski definition) is 5. The average Bonchev–Trinajstić information content (AvgIpc) is 2.30. The van der Waals surface area contributed by atoms with E-state index in [2.05, 4.69) is 5.32 Å². The number of rotatable bonds is 5. The Bertz CT molecular complexity index is 472. The monoisotopic (exact) mass is 299 g/mol. The highest BCUT2D eigenvalue weighted by molar-refractivity contribution is 6.33. The zero-order chi connectivity index (χ0) is 15.3. The maximum Gasteiger partial charge on any atom is 0.308 e. The molecule has 0 aliphatic carbocycles. The number of nitrogens with two attached hydrogens (primary N) is 2. The third-order valence-corrected chi connectivity index (χ3v) is 2.82. The highest BCUT2D eigenvalue weighted by Crippen LogP contribution is 2.23. The molecular formula is C14H22ClN3O2. The van der Waals surface area contributed by atoms with Crippen LogP contribution >= 0.6 is 11.6 Å². The van der Waals surface area contributed by atoms with Crippen molar-refractivity contribution in [2.45, 2.75) is 38.8 Å². The van der Waals surface area contributed by atoms with Crippen LogP contribution in [0.5, 0.6) is 0 Å². The molecule has 5 N–H and O–H groups in total. The van der Waals surface area contributed by atoms with Gasteiger partial charge in [-0.1, -0.05) is 11.6 Å². The summed E-state index contributed by atoms with van der Waals surface area (Å²) in [5.74, 6) is -0.290. The van der Waals surface area contributed by atoms with E-state index in [1.165, 1.54) is 0 Å². The van der Waals surface area contributed by atoms with E-state index in [4.69, 9.17) is 27.8 Å². The van der Waals surface area contributed by atoms with Crippen LogP contribution < -0.4 is 16.8 Å². The largest absolute Gasteiger partial charge is 0.460 e. The number of nitrogen functional groups attached to an aromatic ring is 1. The van der Waals surface area contributed by atoms with E-state index in [1.54, 1.807) is 18.2 Å². The molecule has 0 unspecified atom stereocenters. The second-order valence-electron chi connectivity index (χ2n) is 5.60. The van der Waals surface area contributed by atoms with Gasteiger partial charge in [0.25, 0.3) is 0 Å². The minimum atomic E-state index is -0.499. The van der Waals surface area contributed by atoms with Gasteiger partial charge >= 0.3 is 5.97 Å². The second-order valence-corrected chi connectivity index (χ2v) is 6.01. The summed E-state index contributed by atoms with van der Waals surface area (Å²) in [6.45, 7) is 5.79. The molecule has 0 saturated carbocycles. The summed E-state index contributed by atoms with van der Waals surface area (Å²) in [6.07, 6.45) is 0.190.